The van der Waals surface area contributed by atoms with Gasteiger partial charge in [-0.1, -0.05) is 19.3 Å². The molecule has 14 heavy (non-hydrogen) atoms. The third-order valence-corrected chi connectivity index (χ3v) is 4.01. The molecule has 2 rings (SSSR count). The lowest BCUT2D eigenvalue weighted by atomic mass is 9.74. The Bertz CT molecular complexity index is 263. The summed E-state index contributed by atoms with van der Waals surface area (Å²) in [5.74, 6) is 2.62. The predicted octanol–water partition coefficient (Wildman–Crippen LogP) is 0.374. The SMILES string of the molecule is NCC(CC1=NCS(=O)N1)C1CCC1. The van der Waals surface area contributed by atoms with Crippen molar-refractivity contribution >= 4 is 16.8 Å². The molecule has 0 amide bonds. The van der Waals surface area contributed by atoms with Gasteiger partial charge in [-0.3, -0.25) is 9.71 Å². The van der Waals surface area contributed by atoms with Crippen LogP contribution in [0.3, 0.4) is 0 Å². The van der Waals surface area contributed by atoms with E-state index in [0.29, 0.717) is 11.8 Å². The molecule has 1 saturated carbocycles. The van der Waals surface area contributed by atoms with Crippen LogP contribution in [0.2, 0.25) is 0 Å². The molecule has 1 aliphatic heterocycles. The zero-order chi connectivity index (χ0) is 9.97. The minimum atomic E-state index is -0.963. The lowest BCUT2D eigenvalue weighted by Crippen LogP contribution is -2.33. The van der Waals surface area contributed by atoms with Crippen molar-refractivity contribution in [1.82, 2.24) is 4.72 Å². The van der Waals surface area contributed by atoms with E-state index in [1.54, 1.807) is 0 Å². The summed E-state index contributed by atoms with van der Waals surface area (Å²) >= 11 is 0. The number of rotatable bonds is 4. The fourth-order valence-corrected chi connectivity index (χ4v) is 2.79. The van der Waals surface area contributed by atoms with Gasteiger partial charge in [0.15, 0.2) is 0 Å². The van der Waals surface area contributed by atoms with E-state index >= 15 is 0 Å². The van der Waals surface area contributed by atoms with Crippen LogP contribution >= 0.6 is 0 Å². The second-order valence-corrected chi connectivity index (χ2v) is 5.23. The highest BCUT2D eigenvalue weighted by molar-refractivity contribution is 7.83. The standard InChI is InChI=1S/C9H17N3OS/c10-5-8(7-2-1-3-7)4-9-11-6-14(13)12-9/h7-8H,1-6,10H2,(H,11,12). The molecule has 2 aliphatic rings. The number of amidine groups is 1. The molecular formula is C9H17N3OS. The van der Waals surface area contributed by atoms with Crippen LogP contribution in [0.25, 0.3) is 0 Å². The molecule has 0 saturated heterocycles. The molecular weight excluding hydrogens is 198 g/mol. The minimum absolute atomic E-state index is 0.414. The maximum absolute atomic E-state index is 11.0. The van der Waals surface area contributed by atoms with Crippen LogP contribution in [-0.2, 0) is 11.0 Å². The molecule has 0 aromatic rings. The van der Waals surface area contributed by atoms with E-state index in [-0.39, 0.29) is 0 Å². The van der Waals surface area contributed by atoms with E-state index in [2.05, 4.69) is 9.71 Å². The van der Waals surface area contributed by atoms with Crippen molar-refractivity contribution in [2.45, 2.75) is 25.7 Å². The topological polar surface area (TPSA) is 67.5 Å². The van der Waals surface area contributed by atoms with Crippen LogP contribution in [0.4, 0.5) is 0 Å². The van der Waals surface area contributed by atoms with Gasteiger partial charge in [-0.2, -0.15) is 0 Å². The lowest BCUT2D eigenvalue weighted by Gasteiger charge is -2.32. The van der Waals surface area contributed by atoms with E-state index in [9.17, 15) is 4.21 Å². The number of nitrogens with one attached hydrogen (secondary N) is 1. The van der Waals surface area contributed by atoms with Crippen LogP contribution in [0.5, 0.6) is 0 Å². The number of hydrogen-bond acceptors (Lipinski definition) is 3. The Labute approximate surface area is 86.9 Å². The highest BCUT2D eigenvalue weighted by Crippen LogP contribution is 2.34. The Morgan fingerprint density at radius 2 is 2.43 bits per heavy atom. The lowest BCUT2D eigenvalue weighted by molar-refractivity contribution is 0.215. The molecule has 1 heterocycles. The summed E-state index contributed by atoms with van der Waals surface area (Å²) in [4.78, 5) is 4.20. The molecule has 3 N–H and O–H groups in total. The summed E-state index contributed by atoms with van der Waals surface area (Å²) in [5.41, 5.74) is 5.74. The van der Waals surface area contributed by atoms with Crippen LogP contribution in [0, 0.1) is 11.8 Å². The van der Waals surface area contributed by atoms with E-state index in [1.807, 2.05) is 0 Å². The third kappa shape index (κ3) is 2.15. The average Bonchev–Trinajstić information content (AvgIpc) is 2.47. The molecule has 0 aromatic heterocycles. The molecule has 1 fully saturated rings. The fourth-order valence-electron chi connectivity index (χ4n) is 2.04. The number of hydrogen-bond donors (Lipinski definition) is 2. The summed E-state index contributed by atoms with van der Waals surface area (Å²) in [6.07, 6.45) is 4.83. The highest BCUT2D eigenvalue weighted by Gasteiger charge is 2.28. The van der Waals surface area contributed by atoms with Crippen molar-refractivity contribution in [3.05, 3.63) is 0 Å². The Hall–Kier alpha value is -0.420. The average molecular weight is 215 g/mol. The van der Waals surface area contributed by atoms with Gasteiger partial charge in [0.1, 0.15) is 22.7 Å². The van der Waals surface area contributed by atoms with Crippen molar-refractivity contribution in [1.29, 1.82) is 0 Å². The summed E-state index contributed by atoms with van der Waals surface area (Å²) in [6.45, 7) is 0.720. The maximum atomic E-state index is 11.0. The first-order valence-corrected chi connectivity index (χ1v) is 6.50. The van der Waals surface area contributed by atoms with Gasteiger partial charge in [-0.05, 0) is 18.4 Å². The second-order valence-electron chi connectivity index (χ2n) is 4.07. The first kappa shape index (κ1) is 10.1. The van der Waals surface area contributed by atoms with Gasteiger partial charge < -0.3 is 5.73 Å². The predicted molar refractivity (Wildman–Crippen MR) is 58.1 cm³/mol. The zero-order valence-corrected chi connectivity index (χ0v) is 9.05. The summed E-state index contributed by atoms with van der Waals surface area (Å²) in [6, 6.07) is 0. The molecule has 2 unspecified atom stereocenters. The normalized spacial score (nSPS) is 29.2. The van der Waals surface area contributed by atoms with Crippen LogP contribution < -0.4 is 10.5 Å². The van der Waals surface area contributed by atoms with Crippen molar-refractivity contribution in [3.8, 4) is 0 Å². The van der Waals surface area contributed by atoms with Crippen LogP contribution in [0.15, 0.2) is 4.99 Å². The molecule has 2 atom stereocenters. The summed E-state index contributed by atoms with van der Waals surface area (Å²) < 4.78 is 13.9. The molecule has 80 valence electrons. The Morgan fingerprint density at radius 3 is 2.86 bits per heavy atom. The fraction of sp³-hybridized carbons (Fsp3) is 0.889. The summed E-state index contributed by atoms with van der Waals surface area (Å²) in [5, 5.41) is 0. The molecule has 5 heteroatoms. The molecule has 0 spiro atoms. The number of nitrogens with two attached hydrogens (primary N) is 1. The van der Waals surface area contributed by atoms with Crippen molar-refractivity contribution in [2.75, 3.05) is 12.4 Å². The molecule has 4 nitrogen and oxygen atoms in total. The molecule has 0 aromatic carbocycles. The third-order valence-electron chi connectivity index (χ3n) is 3.18. The van der Waals surface area contributed by atoms with Crippen LogP contribution in [0.1, 0.15) is 25.7 Å². The second kappa shape index (κ2) is 4.40. The number of aliphatic imine (C=N–C) groups is 1. The van der Waals surface area contributed by atoms with E-state index in [4.69, 9.17) is 5.73 Å². The Morgan fingerprint density at radius 1 is 1.64 bits per heavy atom. The Balaban J connectivity index is 1.84. The van der Waals surface area contributed by atoms with E-state index in [1.165, 1.54) is 19.3 Å². The van der Waals surface area contributed by atoms with E-state index < -0.39 is 11.0 Å². The zero-order valence-electron chi connectivity index (χ0n) is 8.24. The van der Waals surface area contributed by atoms with Gasteiger partial charge in [-0.15, -0.1) is 0 Å². The highest BCUT2D eigenvalue weighted by atomic mass is 32.2. The number of nitrogens with zero attached hydrogens (tertiary/aromatic N) is 1. The first-order valence-electron chi connectivity index (χ1n) is 5.18. The summed E-state index contributed by atoms with van der Waals surface area (Å²) in [7, 11) is -0.963. The van der Waals surface area contributed by atoms with Gasteiger partial charge >= 0.3 is 0 Å². The van der Waals surface area contributed by atoms with Crippen molar-refractivity contribution in [3.63, 3.8) is 0 Å². The minimum Gasteiger partial charge on any atom is -0.330 e. The maximum Gasteiger partial charge on any atom is 0.140 e. The smallest absolute Gasteiger partial charge is 0.140 e. The van der Waals surface area contributed by atoms with Gasteiger partial charge in [0, 0.05) is 6.42 Å². The largest absolute Gasteiger partial charge is 0.330 e. The van der Waals surface area contributed by atoms with Crippen molar-refractivity contribution in [2.24, 2.45) is 22.6 Å². The van der Waals surface area contributed by atoms with Gasteiger partial charge in [0.05, 0.1) is 0 Å². The molecule has 0 radical (unpaired) electrons. The Kier molecular flexibility index (Phi) is 3.18. The first-order chi connectivity index (χ1) is 6.79. The van der Waals surface area contributed by atoms with Gasteiger partial charge in [0.25, 0.3) is 0 Å². The van der Waals surface area contributed by atoms with Gasteiger partial charge in [-0.25, -0.2) is 4.21 Å². The quantitative estimate of drug-likeness (QED) is 0.711. The molecule has 1 aliphatic carbocycles. The monoisotopic (exact) mass is 215 g/mol. The van der Waals surface area contributed by atoms with Crippen molar-refractivity contribution < 1.29 is 4.21 Å². The molecule has 0 bridgehead atoms. The van der Waals surface area contributed by atoms with Gasteiger partial charge in [0.2, 0.25) is 0 Å². The van der Waals surface area contributed by atoms with E-state index in [0.717, 1.165) is 24.7 Å². The van der Waals surface area contributed by atoms with Crippen LogP contribution in [-0.4, -0.2) is 22.5 Å².